The van der Waals surface area contributed by atoms with Crippen LogP contribution in [0.4, 0.5) is 38.9 Å². The molecule has 17 nitrogen and oxygen atoms in total. The third-order valence-electron chi connectivity index (χ3n) is 12.7. The van der Waals surface area contributed by atoms with Gasteiger partial charge >= 0.3 is 0 Å². The zero-order valence-corrected chi connectivity index (χ0v) is 42.7. The number of carbonyl (C=O) groups is 2. The molecule has 2 fully saturated rings. The van der Waals surface area contributed by atoms with Crippen LogP contribution in [-0.4, -0.2) is 132 Å². The van der Waals surface area contributed by atoms with Gasteiger partial charge in [-0.1, -0.05) is 68.8 Å². The summed E-state index contributed by atoms with van der Waals surface area (Å²) in [5.74, 6) is -0.526. The lowest BCUT2D eigenvalue weighted by atomic mass is 9.84. The molecule has 2 aliphatic rings. The number of anilines is 6. The van der Waals surface area contributed by atoms with E-state index in [2.05, 4.69) is 41.1 Å². The lowest BCUT2D eigenvalue weighted by Crippen LogP contribution is -2.60. The van der Waals surface area contributed by atoms with E-state index in [-0.39, 0.29) is 54.5 Å². The van der Waals surface area contributed by atoms with Crippen LogP contribution in [0.3, 0.4) is 0 Å². The Morgan fingerprint density at radius 3 is 2.41 bits per heavy atom. The molecular weight excluding hydrogens is 957 g/mol. The van der Waals surface area contributed by atoms with Crippen molar-refractivity contribution < 1.29 is 32.6 Å². The number of benzene rings is 3. The highest BCUT2D eigenvalue weighted by Gasteiger charge is 2.45. The first-order valence-electron chi connectivity index (χ1n) is 23.3. The highest BCUT2D eigenvalue weighted by atomic mass is 35.5. The van der Waals surface area contributed by atoms with Gasteiger partial charge < -0.3 is 36.4 Å². The van der Waals surface area contributed by atoms with Crippen LogP contribution in [0.5, 0.6) is 0 Å². The number of hydrogen-bond acceptors (Lipinski definition) is 15. The molecule has 0 spiro atoms. The van der Waals surface area contributed by atoms with Crippen LogP contribution >= 0.6 is 22.9 Å². The topological polar surface area (TPSA) is 208 Å². The quantitative estimate of drug-likeness (QED) is 0.0490. The van der Waals surface area contributed by atoms with Crippen molar-refractivity contribution in [1.29, 1.82) is 0 Å². The third kappa shape index (κ3) is 13.3. The molecule has 5 aromatic rings. The maximum absolute atomic E-state index is 15.6. The van der Waals surface area contributed by atoms with E-state index in [4.69, 9.17) is 11.6 Å². The van der Waals surface area contributed by atoms with E-state index >= 15 is 4.39 Å². The van der Waals surface area contributed by atoms with Gasteiger partial charge in [-0.3, -0.25) is 23.7 Å². The molecule has 1 unspecified atom stereocenters. The molecule has 0 aliphatic carbocycles. The minimum atomic E-state index is -3.54. The number of para-hydroxylation sites is 2. The largest absolute Gasteiger partial charge is 0.392 e. The number of nitrogens with one attached hydrogen (secondary N) is 4. The highest BCUT2D eigenvalue weighted by molar-refractivity contribution is 7.92. The number of thiazole rings is 1. The Hall–Kier alpha value is -5.48. The number of nitrogens with zero attached hydrogens (tertiary/aromatic N) is 7. The fraction of sp³-hybridized carbons (Fsp3) is 0.449. The van der Waals surface area contributed by atoms with E-state index in [0.29, 0.717) is 42.3 Å². The zero-order valence-electron chi connectivity index (χ0n) is 40.3. The molecule has 70 heavy (non-hydrogen) atoms. The molecule has 21 heteroatoms. The van der Waals surface area contributed by atoms with Crippen molar-refractivity contribution >= 4 is 79.3 Å². The average Bonchev–Trinajstić information content (AvgIpc) is 3.94. The summed E-state index contributed by atoms with van der Waals surface area (Å²) in [6.07, 6.45) is 2.31. The summed E-state index contributed by atoms with van der Waals surface area (Å²) < 4.78 is 41.2. The number of aryl methyl sites for hydroxylation is 1. The van der Waals surface area contributed by atoms with E-state index in [1.54, 1.807) is 52.6 Å². The Bertz CT molecular complexity index is 2720. The average molecular weight is 1020 g/mol. The van der Waals surface area contributed by atoms with Crippen LogP contribution in [0, 0.1) is 18.2 Å². The SMILES string of the molecule is Cc1ncsc1-c1ccc(CNC(=O)[C@H]2C[C@@H](O)CN2C(O)[C@@H](NC(=O)CCCCN2CCN(c3ccc(Nc4ncc(Cl)c(Nc5ccccc5N(C)S(C)(=O)=O)n4)cc3F)CC2)C(C)(C)C)cc1. The van der Waals surface area contributed by atoms with Crippen molar-refractivity contribution in [3.05, 3.63) is 101 Å². The van der Waals surface area contributed by atoms with Crippen LogP contribution in [0.25, 0.3) is 10.4 Å². The minimum Gasteiger partial charge on any atom is -0.392 e. The fourth-order valence-electron chi connectivity index (χ4n) is 8.70. The molecule has 2 amide bonds. The van der Waals surface area contributed by atoms with Gasteiger partial charge in [-0.25, -0.2) is 22.8 Å². The van der Waals surface area contributed by atoms with Crippen molar-refractivity contribution in [1.82, 2.24) is 35.4 Å². The van der Waals surface area contributed by atoms with E-state index in [9.17, 15) is 28.2 Å². The second-order valence-electron chi connectivity index (χ2n) is 18.9. The second kappa shape index (κ2) is 22.7. The number of aromatic nitrogens is 3. The first-order valence-corrected chi connectivity index (χ1v) is 26.4. The fourth-order valence-corrected chi connectivity index (χ4v) is 10.2. The van der Waals surface area contributed by atoms with Gasteiger partial charge in [-0.15, -0.1) is 11.3 Å². The Labute approximate surface area is 418 Å². The number of aliphatic hydroxyl groups is 2. The maximum Gasteiger partial charge on any atom is 0.237 e. The summed E-state index contributed by atoms with van der Waals surface area (Å²) in [5, 5.41) is 34.8. The first kappa shape index (κ1) is 52.3. The molecule has 0 bridgehead atoms. The number of aliphatic hydroxyl groups excluding tert-OH is 2. The molecule has 0 radical (unpaired) electrons. The van der Waals surface area contributed by atoms with Gasteiger partial charge in [-0.05, 0) is 79.6 Å². The first-order chi connectivity index (χ1) is 33.2. The van der Waals surface area contributed by atoms with Crippen LogP contribution in [0.2, 0.25) is 5.02 Å². The molecule has 7 rings (SSSR count). The number of sulfonamides is 1. The van der Waals surface area contributed by atoms with Crippen LogP contribution in [0.1, 0.15) is 57.7 Å². The van der Waals surface area contributed by atoms with E-state index in [0.717, 1.165) is 58.3 Å². The molecule has 2 aliphatic heterocycles. The summed E-state index contributed by atoms with van der Waals surface area (Å²) in [6.45, 7) is 11.6. The lowest BCUT2D eigenvalue weighted by molar-refractivity contribution is -0.135. The standard InChI is InChI=1S/C49H63ClFN11O6S2/c1-31-43(69-30-54-31)33-16-14-32(15-17-33)27-52-46(65)41-26-35(63)29-62(41)47(66)44(49(2,3)4)57-42(64)13-9-10-20-60-21-23-61(24-22-60)39-19-18-34(25-37(39)51)55-48-53-28-36(50)45(58-48)56-38-11-7-8-12-40(38)59(5)70(6,67)68/h7-8,11-12,14-19,25,28,30,35,41,44,47,63,66H,9-10,13,20-24,26-27,29H2,1-6H3,(H,52,65)(H,57,64)(H2,53,55,56,58)/t35-,41-,44-,47?/m1/s1. The van der Waals surface area contributed by atoms with Crippen molar-refractivity contribution in [2.75, 3.05) is 72.4 Å². The van der Waals surface area contributed by atoms with Crippen LogP contribution in [0.15, 0.2) is 78.4 Å². The molecule has 4 heterocycles. The van der Waals surface area contributed by atoms with Gasteiger partial charge in [0.05, 0.1) is 63.8 Å². The van der Waals surface area contributed by atoms with E-state index in [1.807, 2.05) is 62.4 Å². The van der Waals surface area contributed by atoms with E-state index in [1.165, 1.54) is 19.3 Å². The number of carbonyl (C=O) groups excluding carboxylic acids is 2. The number of β-amino-alcohol motifs (C(OH)–C–C–N with tert-alkyl or cyclic N) is 1. The third-order valence-corrected chi connectivity index (χ3v) is 15.2. The van der Waals surface area contributed by atoms with Crippen molar-refractivity contribution in [2.45, 2.75) is 84.3 Å². The molecule has 376 valence electrons. The smallest absolute Gasteiger partial charge is 0.237 e. The summed E-state index contributed by atoms with van der Waals surface area (Å²) in [5.41, 5.74) is 5.95. The Morgan fingerprint density at radius 2 is 1.74 bits per heavy atom. The van der Waals surface area contributed by atoms with Crippen LogP contribution in [-0.2, 0) is 26.2 Å². The van der Waals surface area contributed by atoms with Crippen molar-refractivity contribution in [3.8, 4) is 10.4 Å². The molecule has 2 saturated heterocycles. The maximum atomic E-state index is 15.6. The van der Waals surface area contributed by atoms with Gasteiger partial charge in [0.25, 0.3) is 0 Å². The Kier molecular flexibility index (Phi) is 17.0. The van der Waals surface area contributed by atoms with Gasteiger partial charge in [0.1, 0.15) is 17.1 Å². The Balaban J connectivity index is 0.848. The number of unbranched alkanes of at least 4 members (excludes halogenated alkanes) is 1. The minimum absolute atomic E-state index is 0.0978. The number of piperazine rings is 1. The summed E-state index contributed by atoms with van der Waals surface area (Å²) in [4.78, 5) is 46.9. The number of hydrogen-bond donors (Lipinski definition) is 6. The van der Waals surface area contributed by atoms with Crippen molar-refractivity contribution in [2.24, 2.45) is 5.41 Å². The van der Waals surface area contributed by atoms with Crippen molar-refractivity contribution in [3.63, 3.8) is 0 Å². The van der Waals surface area contributed by atoms with Gasteiger partial charge in [0.2, 0.25) is 27.8 Å². The predicted octanol–water partition coefficient (Wildman–Crippen LogP) is 6.48. The molecule has 4 atom stereocenters. The number of halogens is 2. The summed E-state index contributed by atoms with van der Waals surface area (Å²) in [7, 11) is -2.09. The normalized spacial score (nSPS) is 17.8. The summed E-state index contributed by atoms with van der Waals surface area (Å²) >= 11 is 7.99. The van der Waals surface area contributed by atoms with Crippen LogP contribution < -0.4 is 30.5 Å². The van der Waals surface area contributed by atoms with Gasteiger partial charge in [0, 0.05) is 58.4 Å². The molecule has 0 saturated carbocycles. The molecule has 6 N–H and O–H groups in total. The molecule has 3 aromatic carbocycles. The Morgan fingerprint density at radius 1 is 1.01 bits per heavy atom. The van der Waals surface area contributed by atoms with E-state index < -0.39 is 45.7 Å². The molecule has 2 aromatic heterocycles. The van der Waals surface area contributed by atoms with Gasteiger partial charge in [0.15, 0.2) is 5.82 Å². The predicted molar refractivity (Wildman–Crippen MR) is 275 cm³/mol. The highest BCUT2D eigenvalue weighted by Crippen LogP contribution is 2.34. The monoisotopic (exact) mass is 1020 g/mol. The number of likely N-dealkylation sites (tertiary alicyclic amines) is 1. The lowest BCUT2D eigenvalue weighted by Gasteiger charge is -2.40. The number of rotatable bonds is 19. The number of amides is 2. The van der Waals surface area contributed by atoms with Gasteiger partial charge in [-0.2, -0.15) is 4.98 Å². The summed E-state index contributed by atoms with van der Waals surface area (Å²) in [6, 6.07) is 18.1. The zero-order chi connectivity index (χ0) is 50.3. The second-order valence-corrected chi connectivity index (χ2v) is 22.2. The molecular formula is C49H63ClFN11O6S2.